The number of alkyl halides is 3. The number of rotatable bonds is 2. The predicted molar refractivity (Wildman–Crippen MR) is 65.5 cm³/mol. The van der Waals surface area contributed by atoms with E-state index in [1.54, 1.807) is 11.4 Å². The first-order valence-electron chi connectivity index (χ1n) is 5.45. The summed E-state index contributed by atoms with van der Waals surface area (Å²) in [6.07, 6.45) is -2.01. The van der Waals surface area contributed by atoms with E-state index in [9.17, 15) is 22.8 Å². The Morgan fingerprint density at radius 1 is 1.40 bits per heavy atom. The Kier molecular flexibility index (Phi) is 3.49. The quantitative estimate of drug-likeness (QED) is 0.831. The number of pyridine rings is 1. The second-order valence-electron chi connectivity index (χ2n) is 4.46. The predicted octanol–water partition coefficient (Wildman–Crippen LogP) is 2.22. The fraction of sp³-hybridized carbons (Fsp3) is 0.364. The molecular formula is C11H9BrF3N3O2. The zero-order valence-corrected chi connectivity index (χ0v) is 11.7. The Labute approximate surface area is 120 Å². The summed E-state index contributed by atoms with van der Waals surface area (Å²) >= 11 is 3.15. The van der Waals surface area contributed by atoms with Crippen LogP contribution in [0.4, 0.5) is 18.0 Å². The molecule has 5 nitrogen and oxygen atoms in total. The molecule has 9 heteroatoms. The molecule has 1 aromatic heterocycles. The van der Waals surface area contributed by atoms with Crippen molar-refractivity contribution in [2.75, 3.05) is 0 Å². The molecule has 20 heavy (non-hydrogen) atoms. The lowest BCUT2D eigenvalue weighted by molar-refractivity contribution is -0.191. The van der Waals surface area contributed by atoms with Crippen LogP contribution in [0.1, 0.15) is 12.5 Å². The van der Waals surface area contributed by atoms with E-state index in [0.717, 1.165) is 0 Å². The first kappa shape index (κ1) is 14.8. The van der Waals surface area contributed by atoms with Gasteiger partial charge in [-0.15, -0.1) is 0 Å². The van der Waals surface area contributed by atoms with Crippen molar-refractivity contribution >= 4 is 27.9 Å². The van der Waals surface area contributed by atoms with Crippen LogP contribution in [0, 0.1) is 0 Å². The number of nitrogens with one attached hydrogen (secondary N) is 1. The fourth-order valence-corrected chi connectivity index (χ4v) is 2.17. The van der Waals surface area contributed by atoms with Crippen LogP contribution in [-0.2, 0) is 11.3 Å². The summed E-state index contributed by atoms with van der Waals surface area (Å²) in [5.74, 6) is -1.32. The highest BCUT2D eigenvalue weighted by Crippen LogP contribution is 2.35. The highest BCUT2D eigenvalue weighted by atomic mass is 79.9. The van der Waals surface area contributed by atoms with Crippen molar-refractivity contribution in [2.45, 2.75) is 25.2 Å². The molecule has 0 radical (unpaired) electrons. The standard InChI is InChI=1S/C11H9BrF3N3O2/c1-10(11(13,14)15)8(19)18(9(20)17-10)5-6-2-7(12)4-16-3-6/h2-4H,5H2,1H3,(H,17,20). The maximum Gasteiger partial charge on any atom is 0.420 e. The van der Waals surface area contributed by atoms with Crippen molar-refractivity contribution in [2.24, 2.45) is 0 Å². The van der Waals surface area contributed by atoms with Crippen molar-refractivity contribution < 1.29 is 22.8 Å². The van der Waals surface area contributed by atoms with Crippen LogP contribution in [0.3, 0.4) is 0 Å². The van der Waals surface area contributed by atoms with Crippen LogP contribution in [-0.4, -0.2) is 33.5 Å². The molecule has 0 saturated carbocycles. The third-order valence-corrected chi connectivity index (χ3v) is 3.38. The van der Waals surface area contributed by atoms with Gasteiger partial charge in [0.1, 0.15) is 0 Å². The van der Waals surface area contributed by atoms with Crippen LogP contribution < -0.4 is 5.32 Å². The number of halogens is 4. The van der Waals surface area contributed by atoms with Gasteiger partial charge >= 0.3 is 12.2 Å². The zero-order chi connectivity index (χ0) is 15.1. The number of carbonyl (C=O) groups is 2. The number of hydrogen-bond acceptors (Lipinski definition) is 3. The molecule has 0 aliphatic carbocycles. The van der Waals surface area contributed by atoms with Crippen molar-refractivity contribution in [1.82, 2.24) is 15.2 Å². The average molecular weight is 352 g/mol. The SMILES string of the molecule is CC1(C(F)(F)F)NC(=O)N(Cc2cncc(Br)c2)C1=O. The monoisotopic (exact) mass is 351 g/mol. The fourth-order valence-electron chi connectivity index (χ4n) is 1.76. The summed E-state index contributed by atoms with van der Waals surface area (Å²) in [4.78, 5) is 27.8. The van der Waals surface area contributed by atoms with Crippen LogP contribution in [0.25, 0.3) is 0 Å². The lowest BCUT2D eigenvalue weighted by Crippen LogP contribution is -2.56. The van der Waals surface area contributed by atoms with Crippen LogP contribution in [0.5, 0.6) is 0 Å². The van der Waals surface area contributed by atoms with Crippen LogP contribution in [0.15, 0.2) is 22.9 Å². The highest BCUT2D eigenvalue weighted by molar-refractivity contribution is 9.10. The number of carbonyl (C=O) groups excluding carboxylic acids is 2. The van der Waals surface area contributed by atoms with Gasteiger partial charge in [0.25, 0.3) is 5.91 Å². The van der Waals surface area contributed by atoms with Gasteiger partial charge in [-0.2, -0.15) is 13.2 Å². The van der Waals surface area contributed by atoms with Gasteiger partial charge in [0, 0.05) is 16.9 Å². The molecule has 1 aliphatic rings. The van der Waals surface area contributed by atoms with E-state index in [1.165, 1.54) is 12.4 Å². The molecule has 108 valence electrons. The average Bonchev–Trinajstić information content (AvgIpc) is 2.53. The molecule has 3 amide bonds. The summed E-state index contributed by atoms with van der Waals surface area (Å²) in [6.45, 7) is 0.370. The van der Waals surface area contributed by atoms with Gasteiger partial charge in [0.2, 0.25) is 5.54 Å². The molecule has 1 fully saturated rings. The second-order valence-corrected chi connectivity index (χ2v) is 5.37. The number of aromatic nitrogens is 1. The summed E-state index contributed by atoms with van der Waals surface area (Å²) in [5.41, 5.74) is -2.45. The van der Waals surface area contributed by atoms with Crippen LogP contribution in [0.2, 0.25) is 0 Å². The van der Waals surface area contributed by atoms with E-state index in [0.29, 0.717) is 21.9 Å². The molecule has 2 rings (SSSR count). The molecule has 1 aromatic rings. The molecule has 1 saturated heterocycles. The van der Waals surface area contributed by atoms with Crippen molar-refractivity contribution in [3.8, 4) is 0 Å². The Balaban J connectivity index is 2.26. The van der Waals surface area contributed by atoms with E-state index < -0.39 is 23.7 Å². The third kappa shape index (κ3) is 2.37. The van der Waals surface area contributed by atoms with E-state index in [1.807, 2.05) is 0 Å². The zero-order valence-electron chi connectivity index (χ0n) is 10.2. The first-order chi connectivity index (χ1) is 9.15. The molecule has 1 N–H and O–H groups in total. The summed E-state index contributed by atoms with van der Waals surface area (Å²) in [6, 6.07) is 0.492. The molecule has 2 heterocycles. The number of amides is 3. The van der Waals surface area contributed by atoms with E-state index in [4.69, 9.17) is 0 Å². The minimum absolute atomic E-state index is 0.275. The number of nitrogens with zero attached hydrogens (tertiary/aromatic N) is 2. The second kappa shape index (κ2) is 4.72. The summed E-state index contributed by atoms with van der Waals surface area (Å²) in [7, 11) is 0. The Bertz CT molecular complexity index is 578. The maximum atomic E-state index is 12.9. The van der Waals surface area contributed by atoms with E-state index >= 15 is 0 Å². The number of imide groups is 1. The normalized spacial score (nSPS) is 23.1. The number of hydrogen-bond donors (Lipinski definition) is 1. The van der Waals surface area contributed by atoms with Crippen molar-refractivity contribution in [3.63, 3.8) is 0 Å². The van der Waals surface area contributed by atoms with Gasteiger partial charge in [0.15, 0.2) is 0 Å². The lowest BCUT2D eigenvalue weighted by atomic mass is 10.0. The minimum Gasteiger partial charge on any atom is -0.316 e. The molecular weight excluding hydrogens is 343 g/mol. The van der Waals surface area contributed by atoms with Gasteiger partial charge < -0.3 is 5.32 Å². The topological polar surface area (TPSA) is 62.3 Å². The van der Waals surface area contributed by atoms with Crippen LogP contribution >= 0.6 is 15.9 Å². The summed E-state index contributed by atoms with van der Waals surface area (Å²) < 4.78 is 39.2. The van der Waals surface area contributed by atoms with Gasteiger partial charge in [-0.05, 0) is 34.5 Å². The molecule has 1 unspecified atom stereocenters. The van der Waals surface area contributed by atoms with Crippen molar-refractivity contribution in [1.29, 1.82) is 0 Å². The molecule has 0 spiro atoms. The van der Waals surface area contributed by atoms with E-state index in [-0.39, 0.29) is 6.54 Å². The molecule has 1 atom stereocenters. The molecule has 1 aliphatic heterocycles. The largest absolute Gasteiger partial charge is 0.420 e. The lowest BCUT2D eigenvalue weighted by Gasteiger charge is -2.24. The van der Waals surface area contributed by atoms with Gasteiger partial charge in [0.05, 0.1) is 6.54 Å². The Hall–Kier alpha value is -1.64. The highest BCUT2D eigenvalue weighted by Gasteiger charge is 2.64. The summed E-state index contributed by atoms with van der Waals surface area (Å²) in [5, 5.41) is 1.69. The van der Waals surface area contributed by atoms with Gasteiger partial charge in [-0.1, -0.05) is 0 Å². The Morgan fingerprint density at radius 3 is 2.55 bits per heavy atom. The van der Waals surface area contributed by atoms with Gasteiger partial charge in [-0.3, -0.25) is 14.7 Å². The number of urea groups is 1. The van der Waals surface area contributed by atoms with Crippen molar-refractivity contribution in [3.05, 3.63) is 28.5 Å². The van der Waals surface area contributed by atoms with Gasteiger partial charge in [-0.25, -0.2) is 4.79 Å². The minimum atomic E-state index is -4.86. The van der Waals surface area contributed by atoms with E-state index in [2.05, 4.69) is 20.9 Å². The molecule has 0 bridgehead atoms. The maximum absolute atomic E-state index is 12.9. The smallest absolute Gasteiger partial charge is 0.316 e. The first-order valence-corrected chi connectivity index (χ1v) is 6.25. The Morgan fingerprint density at radius 2 is 2.05 bits per heavy atom. The molecule has 0 aromatic carbocycles. The third-order valence-electron chi connectivity index (χ3n) is 2.94.